The van der Waals surface area contributed by atoms with Gasteiger partial charge in [-0.3, -0.25) is 4.90 Å². The Morgan fingerprint density at radius 2 is 2.11 bits per heavy atom. The summed E-state index contributed by atoms with van der Waals surface area (Å²) in [6, 6.07) is 6.41. The highest BCUT2D eigenvalue weighted by Gasteiger charge is 2.52. The van der Waals surface area contributed by atoms with Crippen LogP contribution in [0.25, 0.3) is 0 Å². The maximum atomic E-state index is 9.77. The fourth-order valence-corrected chi connectivity index (χ4v) is 3.85. The van der Waals surface area contributed by atoms with Crippen LogP contribution in [0, 0.1) is 0 Å². The molecule has 0 saturated carbocycles. The number of hydrogen-bond donors (Lipinski definition) is 1. The third-order valence-electron chi connectivity index (χ3n) is 4.84. The van der Waals surface area contributed by atoms with Crippen molar-refractivity contribution in [1.82, 2.24) is 4.90 Å². The lowest BCUT2D eigenvalue weighted by molar-refractivity contribution is 0.199. The monoisotopic (exact) mass is 246 g/mol. The molecule has 0 unspecified atom stereocenters. The zero-order valence-corrected chi connectivity index (χ0v) is 11.6. The zero-order valence-electron chi connectivity index (χ0n) is 11.6. The molecular formula is C15H22N2O. The fraction of sp³-hybridized carbons (Fsp3) is 0.600. The first kappa shape index (κ1) is 12.0. The first-order chi connectivity index (χ1) is 8.45. The van der Waals surface area contributed by atoms with E-state index in [1.54, 1.807) is 0 Å². The quantitative estimate of drug-likeness (QED) is 0.822. The molecule has 3 atom stereocenters. The Bertz CT molecular complexity index is 485. The molecule has 2 aliphatic rings. The van der Waals surface area contributed by atoms with E-state index >= 15 is 0 Å². The lowest BCUT2D eigenvalue weighted by Gasteiger charge is -2.32. The summed E-state index contributed by atoms with van der Waals surface area (Å²) in [6.07, 6.45) is 1.26. The van der Waals surface area contributed by atoms with Gasteiger partial charge < -0.3 is 10.0 Å². The number of anilines is 1. The molecule has 3 nitrogen and oxygen atoms in total. The molecule has 98 valence electrons. The van der Waals surface area contributed by atoms with Gasteiger partial charge >= 0.3 is 0 Å². The number of fused-ring (bicyclic) bond motifs is 3. The topological polar surface area (TPSA) is 26.7 Å². The predicted molar refractivity (Wildman–Crippen MR) is 73.9 cm³/mol. The van der Waals surface area contributed by atoms with Crippen LogP contribution in [0.2, 0.25) is 0 Å². The summed E-state index contributed by atoms with van der Waals surface area (Å²) in [5.74, 6) is 0. The Balaban J connectivity index is 2.14. The molecule has 2 heterocycles. The van der Waals surface area contributed by atoms with E-state index in [1.165, 1.54) is 17.7 Å². The maximum Gasteiger partial charge on any atom is 0.0911 e. The average molecular weight is 246 g/mol. The molecule has 0 aliphatic carbocycles. The van der Waals surface area contributed by atoms with Crippen molar-refractivity contribution < 1.29 is 5.11 Å². The van der Waals surface area contributed by atoms with Crippen LogP contribution in [0.3, 0.4) is 0 Å². The number of benzene rings is 1. The molecule has 1 aromatic carbocycles. The van der Waals surface area contributed by atoms with Gasteiger partial charge in [0.2, 0.25) is 0 Å². The predicted octanol–water partition coefficient (Wildman–Crippen LogP) is 2.11. The minimum Gasteiger partial charge on any atom is -0.389 e. The van der Waals surface area contributed by atoms with Gasteiger partial charge in [-0.05, 0) is 37.6 Å². The van der Waals surface area contributed by atoms with Crippen molar-refractivity contribution in [2.45, 2.75) is 38.0 Å². The molecule has 0 radical (unpaired) electrons. The second-order valence-electron chi connectivity index (χ2n) is 6.09. The molecule has 2 aliphatic heterocycles. The summed E-state index contributed by atoms with van der Waals surface area (Å²) in [6.45, 7) is 5.33. The van der Waals surface area contributed by atoms with Crippen molar-refractivity contribution >= 4 is 5.69 Å². The molecule has 18 heavy (non-hydrogen) atoms. The molecule has 1 N–H and O–H groups in total. The van der Waals surface area contributed by atoms with Gasteiger partial charge in [-0.15, -0.1) is 0 Å². The molecule has 1 aromatic rings. The van der Waals surface area contributed by atoms with Gasteiger partial charge in [0.15, 0.2) is 0 Å². The standard InChI is InChI=1S/C15H22N2O/c1-10(18)11-5-6-13-12(9-11)15(2)7-8-16(3)14(15)17(13)4/h5-6,9-10,14,18H,7-8H2,1-4H3/t10-,14+,15-/m0/s1. The number of rotatable bonds is 1. The summed E-state index contributed by atoms with van der Waals surface area (Å²) in [7, 11) is 4.38. The van der Waals surface area contributed by atoms with Crippen LogP contribution >= 0.6 is 0 Å². The Morgan fingerprint density at radius 1 is 1.39 bits per heavy atom. The van der Waals surface area contributed by atoms with E-state index in [9.17, 15) is 5.11 Å². The van der Waals surface area contributed by atoms with Gasteiger partial charge in [0, 0.05) is 24.7 Å². The van der Waals surface area contributed by atoms with Crippen LogP contribution < -0.4 is 4.90 Å². The van der Waals surface area contributed by atoms with Crippen LogP contribution in [0.15, 0.2) is 18.2 Å². The van der Waals surface area contributed by atoms with Crippen LogP contribution in [0.5, 0.6) is 0 Å². The van der Waals surface area contributed by atoms with E-state index < -0.39 is 0 Å². The van der Waals surface area contributed by atoms with Crippen molar-refractivity contribution in [3.63, 3.8) is 0 Å². The summed E-state index contributed by atoms with van der Waals surface area (Å²) in [5, 5.41) is 9.77. The molecule has 0 aromatic heterocycles. The van der Waals surface area contributed by atoms with Crippen molar-refractivity contribution in [2.24, 2.45) is 0 Å². The van der Waals surface area contributed by atoms with Crippen LogP contribution in [0.1, 0.15) is 37.5 Å². The lowest BCUT2D eigenvalue weighted by atomic mass is 9.80. The maximum absolute atomic E-state index is 9.77. The first-order valence-corrected chi connectivity index (χ1v) is 6.71. The molecule has 3 heteroatoms. The normalized spacial score (nSPS) is 32.5. The van der Waals surface area contributed by atoms with Crippen molar-refractivity contribution in [1.29, 1.82) is 0 Å². The summed E-state index contributed by atoms with van der Waals surface area (Å²) in [5.41, 5.74) is 3.94. The Labute approximate surface area is 109 Å². The Kier molecular flexibility index (Phi) is 2.48. The number of hydrogen-bond acceptors (Lipinski definition) is 3. The largest absolute Gasteiger partial charge is 0.389 e. The van der Waals surface area contributed by atoms with Crippen molar-refractivity contribution in [3.8, 4) is 0 Å². The first-order valence-electron chi connectivity index (χ1n) is 6.71. The third-order valence-corrected chi connectivity index (χ3v) is 4.84. The number of aliphatic hydroxyl groups excluding tert-OH is 1. The van der Waals surface area contributed by atoms with E-state index in [1.807, 2.05) is 13.0 Å². The van der Waals surface area contributed by atoms with Crippen LogP contribution in [-0.2, 0) is 5.41 Å². The Morgan fingerprint density at radius 3 is 2.78 bits per heavy atom. The van der Waals surface area contributed by atoms with Gasteiger partial charge in [0.25, 0.3) is 0 Å². The van der Waals surface area contributed by atoms with Crippen molar-refractivity contribution in [3.05, 3.63) is 29.3 Å². The minimum absolute atomic E-state index is 0.198. The number of aliphatic hydroxyl groups is 1. The molecule has 1 saturated heterocycles. The van der Waals surface area contributed by atoms with E-state index in [-0.39, 0.29) is 11.5 Å². The second-order valence-corrected chi connectivity index (χ2v) is 6.09. The van der Waals surface area contributed by atoms with Gasteiger partial charge in [-0.2, -0.15) is 0 Å². The van der Waals surface area contributed by atoms with E-state index in [4.69, 9.17) is 0 Å². The second kappa shape index (κ2) is 3.72. The molecular weight excluding hydrogens is 224 g/mol. The van der Waals surface area contributed by atoms with Crippen LogP contribution in [0.4, 0.5) is 5.69 Å². The Hall–Kier alpha value is -1.06. The third kappa shape index (κ3) is 1.38. The van der Waals surface area contributed by atoms with Gasteiger partial charge in [0.1, 0.15) is 0 Å². The molecule has 3 rings (SSSR count). The highest BCUT2D eigenvalue weighted by Crippen LogP contribution is 2.51. The van der Waals surface area contributed by atoms with E-state index in [2.05, 4.69) is 43.0 Å². The number of nitrogens with zero attached hydrogens (tertiary/aromatic N) is 2. The van der Waals surface area contributed by atoms with E-state index in [0.29, 0.717) is 6.17 Å². The van der Waals surface area contributed by atoms with Gasteiger partial charge in [0.05, 0.1) is 12.3 Å². The minimum atomic E-state index is -0.387. The summed E-state index contributed by atoms with van der Waals surface area (Å²) >= 11 is 0. The smallest absolute Gasteiger partial charge is 0.0911 e. The molecule has 0 bridgehead atoms. The lowest BCUT2D eigenvalue weighted by Crippen LogP contribution is -2.45. The van der Waals surface area contributed by atoms with Crippen molar-refractivity contribution in [2.75, 3.05) is 25.5 Å². The SMILES string of the molecule is C[C@H](O)c1ccc2c(c1)[C@]1(C)CCN(C)[C@@H]1N2C. The zero-order chi connectivity index (χ0) is 13.1. The molecule has 0 spiro atoms. The van der Waals surface area contributed by atoms with Gasteiger partial charge in [-0.1, -0.05) is 19.1 Å². The number of likely N-dealkylation sites (tertiary alicyclic amines) is 1. The van der Waals surface area contributed by atoms with Crippen LogP contribution in [-0.4, -0.2) is 36.8 Å². The number of likely N-dealkylation sites (N-methyl/N-ethyl adjacent to an activating group) is 2. The molecule has 0 amide bonds. The molecule has 1 fully saturated rings. The highest BCUT2D eigenvalue weighted by atomic mass is 16.3. The fourth-order valence-electron chi connectivity index (χ4n) is 3.85. The summed E-state index contributed by atoms with van der Waals surface area (Å²) in [4.78, 5) is 4.82. The average Bonchev–Trinajstić information content (AvgIpc) is 2.75. The highest BCUT2D eigenvalue weighted by molar-refractivity contribution is 5.65. The van der Waals surface area contributed by atoms with E-state index in [0.717, 1.165) is 12.1 Å². The van der Waals surface area contributed by atoms with Gasteiger partial charge in [-0.25, -0.2) is 0 Å². The summed E-state index contributed by atoms with van der Waals surface area (Å²) < 4.78 is 0.